The highest BCUT2D eigenvalue weighted by Crippen LogP contribution is 2.38. The quantitative estimate of drug-likeness (QED) is 0.888. The molecule has 110 valence electrons. The maximum atomic E-state index is 13.5. The first kappa shape index (κ1) is 13.9. The van der Waals surface area contributed by atoms with Crippen LogP contribution in [0.25, 0.3) is 0 Å². The van der Waals surface area contributed by atoms with Crippen LogP contribution in [0, 0.1) is 17.7 Å². The number of benzene rings is 1. The van der Waals surface area contributed by atoms with Crippen molar-refractivity contribution in [2.75, 3.05) is 18.0 Å². The molecule has 3 atom stereocenters. The minimum absolute atomic E-state index is 0.121. The van der Waals surface area contributed by atoms with Gasteiger partial charge in [-0.1, -0.05) is 19.3 Å². The fraction of sp³-hybridized carbons (Fsp3) is 0.647. The molecule has 3 unspecified atom stereocenters. The highest BCUT2D eigenvalue weighted by atomic mass is 19.1. The molecule has 2 fully saturated rings. The van der Waals surface area contributed by atoms with Crippen molar-refractivity contribution < 1.29 is 4.39 Å². The number of rotatable bonds is 2. The van der Waals surface area contributed by atoms with Crippen LogP contribution in [0.2, 0.25) is 0 Å². The highest BCUT2D eigenvalue weighted by molar-refractivity contribution is 5.55. The van der Waals surface area contributed by atoms with Gasteiger partial charge in [-0.3, -0.25) is 0 Å². The summed E-state index contributed by atoms with van der Waals surface area (Å²) in [5.74, 6) is 1.55. The first-order valence-electron chi connectivity index (χ1n) is 7.95. The number of halogens is 1. The Balaban J connectivity index is 1.82. The summed E-state index contributed by atoms with van der Waals surface area (Å²) in [6, 6.07) is 4.96. The smallest absolute Gasteiger partial charge is 0.123 e. The van der Waals surface area contributed by atoms with Gasteiger partial charge < -0.3 is 10.6 Å². The van der Waals surface area contributed by atoms with Crippen LogP contribution in [0.1, 0.15) is 50.6 Å². The Morgan fingerprint density at radius 2 is 1.95 bits per heavy atom. The van der Waals surface area contributed by atoms with Gasteiger partial charge in [0, 0.05) is 24.8 Å². The Labute approximate surface area is 121 Å². The molecule has 0 bridgehead atoms. The van der Waals surface area contributed by atoms with Crippen molar-refractivity contribution in [1.82, 2.24) is 0 Å². The number of hydrogen-bond acceptors (Lipinski definition) is 2. The van der Waals surface area contributed by atoms with E-state index in [2.05, 4.69) is 4.90 Å². The van der Waals surface area contributed by atoms with Crippen molar-refractivity contribution in [3.63, 3.8) is 0 Å². The molecule has 1 heterocycles. The summed E-state index contributed by atoms with van der Waals surface area (Å²) in [6.45, 7) is 4.15. The molecule has 1 aromatic rings. The molecule has 2 N–H and O–H groups in total. The van der Waals surface area contributed by atoms with Crippen molar-refractivity contribution >= 4 is 5.69 Å². The van der Waals surface area contributed by atoms with Gasteiger partial charge in [0.2, 0.25) is 0 Å². The van der Waals surface area contributed by atoms with E-state index in [4.69, 9.17) is 5.73 Å². The Hall–Kier alpha value is -1.09. The van der Waals surface area contributed by atoms with Gasteiger partial charge in [-0.25, -0.2) is 4.39 Å². The molecule has 3 heteroatoms. The first-order chi connectivity index (χ1) is 9.65. The van der Waals surface area contributed by atoms with E-state index in [0.29, 0.717) is 0 Å². The topological polar surface area (TPSA) is 29.3 Å². The van der Waals surface area contributed by atoms with Crippen LogP contribution < -0.4 is 10.6 Å². The third-order valence-electron chi connectivity index (χ3n) is 5.11. The highest BCUT2D eigenvalue weighted by Gasteiger charge is 2.31. The molecule has 0 spiro atoms. The van der Waals surface area contributed by atoms with E-state index in [-0.39, 0.29) is 11.9 Å². The number of piperidine rings is 1. The SMILES string of the molecule is CC(N)c1cc(F)ccc1N1CCC2CCCCC2C1. The normalized spacial score (nSPS) is 28.1. The number of nitrogens with two attached hydrogens (primary N) is 1. The molecule has 1 aromatic carbocycles. The third-order valence-corrected chi connectivity index (χ3v) is 5.11. The molecule has 3 rings (SSSR count). The lowest BCUT2D eigenvalue weighted by atomic mass is 9.75. The van der Waals surface area contributed by atoms with Gasteiger partial charge in [0.1, 0.15) is 5.82 Å². The average Bonchev–Trinajstić information content (AvgIpc) is 2.46. The lowest BCUT2D eigenvalue weighted by molar-refractivity contribution is 0.202. The molecular formula is C17H25FN2. The zero-order valence-electron chi connectivity index (χ0n) is 12.3. The predicted octanol–water partition coefficient (Wildman–Crippen LogP) is 3.86. The van der Waals surface area contributed by atoms with Crippen molar-refractivity contribution in [3.05, 3.63) is 29.6 Å². The van der Waals surface area contributed by atoms with Gasteiger partial charge in [0.25, 0.3) is 0 Å². The second-order valence-electron chi connectivity index (χ2n) is 6.53. The van der Waals surface area contributed by atoms with Crippen LogP contribution in [0.4, 0.5) is 10.1 Å². The molecule has 20 heavy (non-hydrogen) atoms. The van der Waals surface area contributed by atoms with E-state index in [0.717, 1.165) is 36.2 Å². The van der Waals surface area contributed by atoms with Gasteiger partial charge >= 0.3 is 0 Å². The summed E-state index contributed by atoms with van der Waals surface area (Å²) in [4.78, 5) is 2.44. The van der Waals surface area contributed by atoms with Crippen molar-refractivity contribution in [1.29, 1.82) is 0 Å². The van der Waals surface area contributed by atoms with Gasteiger partial charge in [-0.05, 0) is 55.4 Å². The maximum Gasteiger partial charge on any atom is 0.123 e. The number of hydrogen-bond donors (Lipinski definition) is 1. The van der Waals surface area contributed by atoms with Gasteiger partial charge in [0.05, 0.1) is 0 Å². The molecule has 1 aliphatic carbocycles. The first-order valence-corrected chi connectivity index (χ1v) is 7.95. The van der Waals surface area contributed by atoms with Crippen LogP contribution in [-0.4, -0.2) is 13.1 Å². The van der Waals surface area contributed by atoms with E-state index in [1.165, 1.54) is 32.1 Å². The minimum atomic E-state index is -0.186. The van der Waals surface area contributed by atoms with Gasteiger partial charge in [-0.15, -0.1) is 0 Å². The van der Waals surface area contributed by atoms with Crippen molar-refractivity contribution in [3.8, 4) is 0 Å². The molecule has 0 amide bonds. The van der Waals surface area contributed by atoms with Gasteiger partial charge in [-0.2, -0.15) is 0 Å². The number of fused-ring (bicyclic) bond motifs is 1. The predicted molar refractivity (Wildman–Crippen MR) is 81.3 cm³/mol. The molecule has 1 aliphatic heterocycles. The van der Waals surface area contributed by atoms with Crippen LogP contribution in [0.15, 0.2) is 18.2 Å². The van der Waals surface area contributed by atoms with E-state index < -0.39 is 0 Å². The molecule has 0 radical (unpaired) electrons. The summed E-state index contributed by atoms with van der Waals surface area (Å²) in [7, 11) is 0. The molecular weight excluding hydrogens is 251 g/mol. The molecule has 2 nitrogen and oxygen atoms in total. The zero-order chi connectivity index (χ0) is 14.1. The van der Waals surface area contributed by atoms with Crippen molar-refractivity contribution in [2.24, 2.45) is 17.6 Å². The fourth-order valence-corrected chi connectivity index (χ4v) is 4.00. The fourth-order valence-electron chi connectivity index (χ4n) is 4.00. The Morgan fingerprint density at radius 1 is 1.20 bits per heavy atom. The third kappa shape index (κ3) is 2.69. The molecule has 1 saturated carbocycles. The largest absolute Gasteiger partial charge is 0.371 e. The lowest BCUT2D eigenvalue weighted by Gasteiger charge is -2.43. The second-order valence-corrected chi connectivity index (χ2v) is 6.53. The number of nitrogens with zero attached hydrogens (tertiary/aromatic N) is 1. The average molecular weight is 276 g/mol. The van der Waals surface area contributed by atoms with Crippen LogP contribution in [0.3, 0.4) is 0 Å². The minimum Gasteiger partial charge on any atom is -0.371 e. The van der Waals surface area contributed by atoms with E-state index in [1.54, 1.807) is 12.1 Å². The Kier molecular flexibility index (Phi) is 3.97. The van der Waals surface area contributed by atoms with E-state index >= 15 is 0 Å². The number of anilines is 1. The van der Waals surface area contributed by atoms with Crippen molar-refractivity contribution in [2.45, 2.75) is 45.1 Å². The van der Waals surface area contributed by atoms with Gasteiger partial charge in [0.15, 0.2) is 0 Å². The summed E-state index contributed by atoms with van der Waals surface area (Å²) in [5, 5.41) is 0. The Morgan fingerprint density at radius 3 is 2.70 bits per heavy atom. The molecule has 2 aliphatic rings. The Bertz CT molecular complexity index is 472. The summed E-state index contributed by atoms with van der Waals surface area (Å²) in [5.41, 5.74) is 8.12. The van der Waals surface area contributed by atoms with E-state index in [1.807, 2.05) is 13.0 Å². The second kappa shape index (κ2) is 5.72. The summed E-state index contributed by atoms with van der Waals surface area (Å²) >= 11 is 0. The van der Waals surface area contributed by atoms with Crippen LogP contribution >= 0.6 is 0 Å². The maximum absolute atomic E-state index is 13.5. The summed E-state index contributed by atoms with van der Waals surface area (Å²) in [6.07, 6.45) is 6.82. The van der Waals surface area contributed by atoms with Crippen LogP contribution in [0.5, 0.6) is 0 Å². The van der Waals surface area contributed by atoms with Crippen LogP contribution in [-0.2, 0) is 0 Å². The molecule has 0 aromatic heterocycles. The molecule has 1 saturated heterocycles. The monoisotopic (exact) mass is 276 g/mol. The standard InChI is InChI=1S/C17H25FN2/c1-12(19)16-10-15(18)6-7-17(16)20-9-8-13-4-2-3-5-14(13)11-20/h6-7,10,12-14H,2-5,8-9,11,19H2,1H3. The summed E-state index contributed by atoms with van der Waals surface area (Å²) < 4.78 is 13.5. The van der Waals surface area contributed by atoms with E-state index in [9.17, 15) is 4.39 Å². The lowest BCUT2D eigenvalue weighted by Crippen LogP contribution is -2.42. The zero-order valence-corrected chi connectivity index (χ0v) is 12.3.